The number of benzene rings is 4. The third-order valence-electron chi connectivity index (χ3n) is 5.92. The summed E-state index contributed by atoms with van der Waals surface area (Å²) in [6, 6.07) is 23.0. The van der Waals surface area contributed by atoms with E-state index in [2.05, 4.69) is 15.8 Å². The number of halogens is 2. The maximum atomic E-state index is 13.3. The first-order valence-corrected chi connectivity index (χ1v) is 12.8. The van der Waals surface area contributed by atoms with Gasteiger partial charge in [-0.2, -0.15) is 5.10 Å². The largest absolute Gasteiger partial charge is 0.497 e. The maximum absolute atomic E-state index is 13.3. The van der Waals surface area contributed by atoms with Crippen LogP contribution in [0.25, 0.3) is 0 Å². The van der Waals surface area contributed by atoms with Crippen LogP contribution in [0.3, 0.4) is 0 Å². The molecule has 0 aliphatic carbocycles. The molecule has 8 nitrogen and oxygen atoms in total. The zero-order valence-electron chi connectivity index (χ0n) is 22.3. The van der Waals surface area contributed by atoms with E-state index < -0.39 is 11.7 Å². The molecule has 4 aromatic rings. The van der Waals surface area contributed by atoms with E-state index in [0.717, 1.165) is 11.3 Å². The molecule has 2 N–H and O–H groups in total. The number of anilines is 1. The molecular weight excluding hydrogens is 549 g/mol. The highest BCUT2D eigenvalue weighted by Crippen LogP contribution is 2.29. The van der Waals surface area contributed by atoms with Gasteiger partial charge in [0.05, 0.1) is 31.9 Å². The van der Waals surface area contributed by atoms with E-state index in [9.17, 15) is 14.0 Å². The summed E-state index contributed by atoms with van der Waals surface area (Å²) in [5.41, 5.74) is 5.56. The first kappa shape index (κ1) is 29.1. The van der Waals surface area contributed by atoms with Crippen LogP contribution in [0.1, 0.15) is 27.0 Å². The predicted octanol–water partition coefficient (Wildman–Crippen LogP) is 6.02. The molecule has 0 saturated heterocycles. The van der Waals surface area contributed by atoms with Crippen molar-refractivity contribution in [1.82, 2.24) is 5.43 Å². The molecule has 2 amide bonds. The minimum Gasteiger partial charge on any atom is -0.497 e. The molecule has 0 unspecified atom stereocenters. The number of hydrogen-bond acceptors (Lipinski definition) is 6. The SMILES string of the molecule is COc1ccc(CC(=O)Nc2ccc(C(=O)N/N=C\c3ccc(OCc4ccc(F)cc4Cl)c(OC)c3)cc2)cc1. The van der Waals surface area contributed by atoms with E-state index in [0.29, 0.717) is 33.9 Å². The molecule has 4 rings (SSSR count). The van der Waals surface area contributed by atoms with E-state index in [1.54, 1.807) is 67.8 Å². The maximum Gasteiger partial charge on any atom is 0.271 e. The Morgan fingerprint density at radius 1 is 0.902 bits per heavy atom. The molecule has 0 heterocycles. The van der Waals surface area contributed by atoms with Gasteiger partial charge >= 0.3 is 0 Å². The average Bonchev–Trinajstić information content (AvgIpc) is 2.97. The number of nitrogens with zero attached hydrogens (tertiary/aromatic N) is 1. The van der Waals surface area contributed by atoms with Crippen LogP contribution in [0.4, 0.5) is 10.1 Å². The van der Waals surface area contributed by atoms with Gasteiger partial charge < -0.3 is 19.5 Å². The number of rotatable bonds is 11. The third kappa shape index (κ3) is 8.30. The van der Waals surface area contributed by atoms with E-state index in [-0.39, 0.29) is 24.0 Å². The Hall–Kier alpha value is -4.89. The second kappa shape index (κ2) is 14.0. The fraction of sp³-hybridized carbons (Fsp3) is 0.129. The van der Waals surface area contributed by atoms with Gasteiger partial charge in [-0.15, -0.1) is 0 Å². The molecule has 0 aliphatic rings. The summed E-state index contributed by atoms with van der Waals surface area (Å²) >= 11 is 6.06. The summed E-state index contributed by atoms with van der Waals surface area (Å²) in [5.74, 6) is 0.617. The zero-order chi connectivity index (χ0) is 29.2. The van der Waals surface area contributed by atoms with Crippen molar-refractivity contribution in [2.24, 2.45) is 5.10 Å². The van der Waals surface area contributed by atoms with Crippen LogP contribution in [0.5, 0.6) is 17.2 Å². The van der Waals surface area contributed by atoms with Crippen LogP contribution in [0, 0.1) is 5.82 Å². The molecule has 0 aromatic heterocycles. The van der Waals surface area contributed by atoms with Gasteiger partial charge in [0.25, 0.3) is 5.91 Å². The van der Waals surface area contributed by atoms with Crippen molar-refractivity contribution in [3.05, 3.63) is 118 Å². The van der Waals surface area contributed by atoms with Gasteiger partial charge in [0, 0.05) is 16.8 Å². The molecule has 0 saturated carbocycles. The highest BCUT2D eigenvalue weighted by atomic mass is 35.5. The fourth-order valence-electron chi connectivity index (χ4n) is 3.75. The number of nitrogens with one attached hydrogen (secondary N) is 2. The summed E-state index contributed by atoms with van der Waals surface area (Å²) in [6.07, 6.45) is 1.68. The van der Waals surface area contributed by atoms with Gasteiger partial charge in [0.15, 0.2) is 11.5 Å². The van der Waals surface area contributed by atoms with Gasteiger partial charge in [0.1, 0.15) is 18.2 Å². The Morgan fingerprint density at radius 2 is 1.66 bits per heavy atom. The number of ether oxygens (including phenoxy) is 3. The quantitative estimate of drug-likeness (QED) is 0.168. The molecule has 4 aromatic carbocycles. The number of hydrogen-bond donors (Lipinski definition) is 2. The van der Waals surface area contributed by atoms with Crippen molar-refractivity contribution in [2.75, 3.05) is 19.5 Å². The minimum atomic E-state index is -0.422. The molecule has 210 valence electrons. The van der Waals surface area contributed by atoms with Gasteiger partial charge in [-0.3, -0.25) is 9.59 Å². The second-order valence-electron chi connectivity index (χ2n) is 8.78. The number of methoxy groups -OCH3 is 2. The Bertz CT molecular complexity index is 1540. The average molecular weight is 576 g/mol. The topological polar surface area (TPSA) is 98.2 Å². The van der Waals surface area contributed by atoms with Crippen molar-refractivity contribution >= 4 is 35.3 Å². The molecule has 0 atom stereocenters. The molecule has 0 fully saturated rings. The summed E-state index contributed by atoms with van der Waals surface area (Å²) < 4.78 is 29.6. The van der Waals surface area contributed by atoms with Gasteiger partial charge in [-0.25, -0.2) is 9.82 Å². The Morgan fingerprint density at radius 3 is 2.34 bits per heavy atom. The standard InChI is InChI=1S/C31H27ClFN3O5/c1-39-26-12-3-20(4-13-26)16-30(37)35-25-10-7-22(8-11-25)31(38)36-34-18-21-5-14-28(29(15-21)40-2)41-19-23-6-9-24(33)17-27(23)32/h3-15,17-18H,16,19H2,1-2H3,(H,35,37)(H,36,38)/b34-18-. The highest BCUT2D eigenvalue weighted by molar-refractivity contribution is 6.31. The monoisotopic (exact) mass is 575 g/mol. The minimum absolute atomic E-state index is 0.129. The zero-order valence-corrected chi connectivity index (χ0v) is 23.1. The van der Waals surface area contributed by atoms with Crippen LogP contribution in [-0.4, -0.2) is 32.2 Å². The van der Waals surface area contributed by atoms with Gasteiger partial charge in [0.2, 0.25) is 5.91 Å². The summed E-state index contributed by atoms with van der Waals surface area (Å²) in [5, 5.41) is 7.10. The lowest BCUT2D eigenvalue weighted by Gasteiger charge is -2.12. The number of hydrazone groups is 1. The van der Waals surface area contributed by atoms with Crippen LogP contribution in [0.15, 0.2) is 90.0 Å². The second-order valence-corrected chi connectivity index (χ2v) is 9.19. The molecule has 0 spiro atoms. The van der Waals surface area contributed by atoms with E-state index in [1.807, 2.05) is 12.1 Å². The number of carbonyl (C=O) groups excluding carboxylic acids is 2. The van der Waals surface area contributed by atoms with Gasteiger partial charge in [-0.05, 0) is 77.9 Å². The van der Waals surface area contributed by atoms with Crippen LogP contribution in [-0.2, 0) is 17.8 Å². The summed E-state index contributed by atoms with van der Waals surface area (Å²) in [4.78, 5) is 24.9. The molecule has 10 heteroatoms. The van der Waals surface area contributed by atoms with Crippen LogP contribution >= 0.6 is 11.6 Å². The third-order valence-corrected chi connectivity index (χ3v) is 6.27. The number of carbonyl (C=O) groups is 2. The Kier molecular flexibility index (Phi) is 9.90. The predicted molar refractivity (Wildman–Crippen MR) is 156 cm³/mol. The lowest BCUT2D eigenvalue weighted by Crippen LogP contribution is -2.18. The van der Waals surface area contributed by atoms with Crippen molar-refractivity contribution < 1.29 is 28.2 Å². The fourth-order valence-corrected chi connectivity index (χ4v) is 3.97. The van der Waals surface area contributed by atoms with Crippen molar-refractivity contribution in [3.63, 3.8) is 0 Å². The van der Waals surface area contributed by atoms with E-state index in [4.69, 9.17) is 25.8 Å². The smallest absolute Gasteiger partial charge is 0.271 e. The normalized spacial score (nSPS) is 10.7. The first-order valence-electron chi connectivity index (χ1n) is 12.5. The molecule has 0 aliphatic heterocycles. The van der Waals surface area contributed by atoms with E-state index in [1.165, 1.54) is 25.5 Å². The summed E-state index contributed by atoms with van der Waals surface area (Å²) in [7, 11) is 3.09. The summed E-state index contributed by atoms with van der Waals surface area (Å²) in [6.45, 7) is 0.129. The van der Waals surface area contributed by atoms with E-state index >= 15 is 0 Å². The van der Waals surface area contributed by atoms with Crippen LogP contribution < -0.4 is 25.0 Å². The molecule has 0 bridgehead atoms. The Balaban J connectivity index is 1.28. The highest BCUT2D eigenvalue weighted by Gasteiger charge is 2.10. The van der Waals surface area contributed by atoms with Gasteiger partial charge in [-0.1, -0.05) is 29.8 Å². The Labute approximate surface area is 241 Å². The van der Waals surface area contributed by atoms with Crippen molar-refractivity contribution in [2.45, 2.75) is 13.0 Å². The number of amides is 2. The van der Waals surface area contributed by atoms with Crippen molar-refractivity contribution in [1.29, 1.82) is 0 Å². The van der Waals surface area contributed by atoms with Crippen molar-refractivity contribution in [3.8, 4) is 17.2 Å². The van der Waals surface area contributed by atoms with Crippen LogP contribution in [0.2, 0.25) is 5.02 Å². The molecule has 0 radical (unpaired) electrons. The lowest BCUT2D eigenvalue weighted by atomic mass is 10.1. The first-order chi connectivity index (χ1) is 19.8. The lowest BCUT2D eigenvalue weighted by molar-refractivity contribution is -0.115. The molecule has 41 heavy (non-hydrogen) atoms. The molecular formula is C31H27ClFN3O5.